The molecule has 0 spiro atoms. The Kier molecular flexibility index (Phi) is 2.97. The molecule has 15 heavy (non-hydrogen) atoms. The molecule has 1 aliphatic heterocycles. The summed E-state index contributed by atoms with van der Waals surface area (Å²) < 4.78 is 0. The Hall–Kier alpha value is -1.42. The molecule has 1 aliphatic rings. The molecule has 4 nitrogen and oxygen atoms in total. The first-order valence-corrected chi connectivity index (χ1v) is 5.17. The molecule has 4 heteroatoms. The number of rotatable bonds is 2. The monoisotopic (exact) mass is 205 g/mol. The van der Waals surface area contributed by atoms with Gasteiger partial charge >= 0.3 is 0 Å². The minimum atomic E-state index is -0.207. The summed E-state index contributed by atoms with van der Waals surface area (Å²) in [6.07, 6.45) is 4.40. The average molecular weight is 205 g/mol. The molecule has 1 aromatic heterocycles. The van der Waals surface area contributed by atoms with E-state index in [9.17, 15) is 4.79 Å². The van der Waals surface area contributed by atoms with Gasteiger partial charge in [0.15, 0.2) is 0 Å². The zero-order valence-corrected chi connectivity index (χ0v) is 8.52. The second kappa shape index (κ2) is 4.40. The molecule has 3 N–H and O–H groups in total. The second-order valence-electron chi connectivity index (χ2n) is 3.97. The molecule has 0 aliphatic carbocycles. The molecular formula is C11H15N3O. The van der Waals surface area contributed by atoms with Gasteiger partial charge in [-0.1, -0.05) is 0 Å². The van der Waals surface area contributed by atoms with Gasteiger partial charge in [0.2, 0.25) is 5.91 Å². The minimum absolute atomic E-state index is 0.0445. The first-order valence-electron chi connectivity index (χ1n) is 5.17. The molecule has 1 fully saturated rings. The summed E-state index contributed by atoms with van der Waals surface area (Å²) in [5.74, 6) is 0.123. The third kappa shape index (κ3) is 2.33. The zero-order valence-electron chi connectivity index (χ0n) is 8.52. The molecule has 0 bridgehead atoms. The molecule has 2 unspecified atom stereocenters. The highest BCUT2D eigenvalue weighted by Gasteiger charge is 2.26. The number of aromatic nitrogens is 1. The number of hydrogen-bond donors (Lipinski definition) is 2. The van der Waals surface area contributed by atoms with Gasteiger partial charge in [-0.15, -0.1) is 0 Å². The number of amides is 1. The highest BCUT2D eigenvalue weighted by Crippen LogP contribution is 2.25. The van der Waals surface area contributed by atoms with Crippen LogP contribution in [0.15, 0.2) is 24.5 Å². The highest BCUT2D eigenvalue weighted by atomic mass is 16.1. The third-order valence-corrected chi connectivity index (χ3v) is 2.93. The quantitative estimate of drug-likeness (QED) is 0.727. The smallest absolute Gasteiger partial charge is 0.221 e. The van der Waals surface area contributed by atoms with Gasteiger partial charge in [0.25, 0.3) is 0 Å². The van der Waals surface area contributed by atoms with E-state index < -0.39 is 0 Å². The average Bonchev–Trinajstić information content (AvgIpc) is 2.30. The SMILES string of the molecule is NC(=O)C1CNCC(c2ccncc2)C1. The summed E-state index contributed by atoms with van der Waals surface area (Å²) in [6, 6.07) is 3.99. The van der Waals surface area contributed by atoms with Crippen molar-refractivity contribution in [2.75, 3.05) is 13.1 Å². The van der Waals surface area contributed by atoms with Crippen molar-refractivity contribution in [1.82, 2.24) is 10.3 Å². The lowest BCUT2D eigenvalue weighted by Gasteiger charge is -2.28. The molecule has 0 aromatic carbocycles. The molecular weight excluding hydrogens is 190 g/mol. The Morgan fingerprint density at radius 2 is 2.13 bits per heavy atom. The number of carbonyl (C=O) groups excluding carboxylic acids is 1. The zero-order chi connectivity index (χ0) is 10.7. The minimum Gasteiger partial charge on any atom is -0.369 e. The van der Waals surface area contributed by atoms with Crippen LogP contribution in [-0.4, -0.2) is 24.0 Å². The summed E-state index contributed by atoms with van der Waals surface area (Å²) in [4.78, 5) is 15.1. The fraction of sp³-hybridized carbons (Fsp3) is 0.455. The van der Waals surface area contributed by atoms with Gasteiger partial charge in [0.1, 0.15) is 0 Å². The predicted octanol–water partition coefficient (Wildman–Crippen LogP) is 0.260. The van der Waals surface area contributed by atoms with Crippen molar-refractivity contribution in [2.45, 2.75) is 12.3 Å². The molecule has 0 radical (unpaired) electrons. The molecule has 2 atom stereocenters. The first-order chi connectivity index (χ1) is 7.27. The van der Waals surface area contributed by atoms with Crippen molar-refractivity contribution < 1.29 is 4.79 Å². The Morgan fingerprint density at radius 3 is 2.80 bits per heavy atom. The van der Waals surface area contributed by atoms with Gasteiger partial charge in [-0.2, -0.15) is 0 Å². The van der Waals surface area contributed by atoms with Crippen LogP contribution in [0.4, 0.5) is 0 Å². The highest BCUT2D eigenvalue weighted by molar-refractivity contribution is 5.77. The molecule has 80 valence electrons. The Bertz CT molecular complexity index is 339. The van der Waals surface area contributed by atoms with Gasteiger partial charge in [-0.3, -0.25) is 9.78 Å². The van der Waals surface area contributed by atoms with Gasteiger partial charge in [-0.05, 0) is 30.0 Å². The lowest BCUT2D eigenvalue weighted by Crippen LogP contribution is -2.41. The normalized spacial score (nSPS) is 26.1. The van der Waals surface area contributed by atoms with E-state index in [1.165, 1.54) is 5.56 Å². The van der Waals surface area contributed by atoms with Gasteiger partial charge in [0, 0.05) is 25.5 Å². The maximum absolute atomic E-state index is 11.1. The van der Waals surface area contributed by atoms with Crippen LogP contribution in [0.2, 0.25) is 0 Å². The summed E-state index contributed by atoms with van der Waals surface area (Å²) in [7, 11) is 0. The van der Waals surface area contributed by atoms with Crippen LogP contribution in [0.3, 0.4) is 0 Å². The van der Waals surface area contributed by atoms with Gasteiger partial charge in [-0.25, -0.2) is 0 Å². The van der Waals surface area contributed by atoms with Crippen LogP contribution in [0.1, 0.15) is 17.9 Å². The van der Waals surface area contributed by atoms with Crippen LogP contribution in [-0.2, 0) is 4.79 Å². The number of carbonyl (C=O) groups is 1. The number of pyridine rings is 1. The lowest BCUT2D eigenvalue weighted by atomic mass is 9.86. The van der Waals surface area contributed by atoms with E-state index >= 15 is 0 Å². The van der Waals surface area contributed by atoms with E-state index in [0.717, 1.165) is 13.0 Å². The van der Waals surface area contributed by atoms with Crippen molar-refractivity contribution in [3.05, 3.63) is 30.1 Å². The van der Waals surface area contributed by atoms with Gasteiger partial charge < -0.3 is 11.1 Å². The van der Waals surface area contributed by atoms with Crippen molar-refractivity contribution >= 4 is 5.91 Å². The van der Waals surface area contributed by atoms with E-state index in [-0.39, 0.29) is 11.8 Å². The van der Waals surface area contributed by atoms with Crippen molar-refractivity contribution in [2.24, 2.45) is 11.7 Å². The van der Waals surface area contributed by atoms with Crippen LogP contribution in [0.5, 0.6) is 0 Å². The lowest BCUT2D eigenvalue weighted by molar-refractivity contribution is -0.122. The van der Waals surface area contributed by atoms with Crippen molar-refractivity contribution in [1.29, 1.82) is 0 Å². The molecule has 1 amide bonds. The van der Waals surface area contributed by atoms with E-state index in [4.69, 9.17) is 5.73 Å². The summed E-state index contributed by atoms with van der Waals surface area (Å²) >= 11 is 0. The van der Waals surface area contributed by atoms with E-state index in [0.29, 0.717) is 12.5 Å². The Morgan fingerprint density at radius 1 is 1.40 bits per heavy atom. The number of hydrogen-bond acceptors (Lipinski definition) is 3. The predicted molar refractivity (Wildman–Crippen MR) is 57.1 cm³/mol. The number of nitrogens with one attached hydrogen (secondary N) is 1. The van der Waals surface area contributed by atoms with Crippen molar-refractivity contribution in [3.8, 4) is 0 Å². The molecule has 0 saturated carbocycles. The van der Waals surface area contributed by atoms with Gasteiger partial charge in [0.05, 0.1) is 5.92 Å². The molecule has 2 rings (SSSR count). The first kappa shape index (κ1) is 10.1. The van der Waals surface area contributed by atoms with E-state index in [1.54, 1.807) is 12.4 Å². The van der Waals surface area contributed by atoms with E-state index in [1.807, 2.05) is 12.1 Å². The van der Waals surface area contributed by atoms with Crippen LogP contribution in [0, 0.1) is 5.92 Å². The number of nitrogens with zero attached hydrogens (tertiary/aromatic N) is 1. The number of piperidine rings is 1. The fourth-order valence-corrected chi connectivity index (χ4v) is 2.05. The maximum Gasteiger partial charge on any atom is 0.221 e. The number of nitrogens with two attached hydrogens (primary N) is 1. The van der Waals surface area contributed by atoms with Crippen molar-refractivity contribution in [3.63, 3.8) is 0 Å². The maximum atomic E-state index is 11.1. The summed E-state index contributed by atoms with van der Waals surface area (Å²) in [5, 5.41) is 3.24. The van der Waals surface area contributed by atoms with Crippen LogP contribution in [0.25, 0.3) is 0 Å². The molecule has 1 saturated heterocycles. The summed E-state index contributed by atoms with van der Waals surface area (Å²) in [5.41, 5.74) is 6.54. The number of primary amides is 1. The molecule has 2 heterocycles. The van der Waals surface area contributed by atoms with E-state index in [2.05, 4.69) is 10.3 Å². The standard InChI is InChI=1S/C11H15N3O/c12-11(15)10-5-9(6-14-7-10)8-1-3-13-4-2-8/h1-4,9-10,14H,5-7H2,(H2,12,15). The molecule has 1 aromatic rings. The van der Waals surface area contributed by atoms with Crippen LogP contribution < -0.4 is 11.1 Å². The Balaban J connectivity index is 2.08. The third-order valence-electron chi connectivity index (χ3n) is 2.93. The largest absolute Gasteiger partial charge is 0.369 e. The fourth-order valence-electron chi connectivity index (χ4n) is 2.05. The second-order valence-corrected chi connectivity index (χ2v) is 3.97. The summed E-state index contributed by atoms with van der Waals surface area (Å²) in [6.45, 7) is 1.62. The topological polar surface area (TPSA) is 68.0 Å². The Labute approximate surface area is 88.9 Å². The van der Waals surface area contributed by atoms with Crippen LogP contribution >= 0.6 is 0 Å².